The van der Waals surface area contributed by atoms with Gasteiger partial charge in [-0.15, -0.1) is 0 Å². The first-order valence-electron chi connectivity index (χ1n) is 6.48. The highest BCUT2D eigenvalue weighted by molar-refractivity contribution is 6.05. The Labute approximate surface area is 126 Å². The molecule has 0 unspecified atom stereocenters. The summed E-state index contributed by atoms with van der Waals surface area (Å²) in [5, 5.41) is 9.03. The van der Waals surface area contributed by atoms with Crippen molar-refractivity contribution in [2.75, 3.05) is 0 Å². The second kappa shape index (κ2) is 6.53. The van der Waals surface area contributed by atoms with E-state index in [0.29, 0.717) is 5.56 Å². The minimum absolute atomic E-state index is 0.0282. The number of amides is 2. The number of carboxylic acid groups (broad SMARTS) is 1. The molecular weight excluding hydrogens is 284 g/mol. The third-order valence-electron chi connectivity index (χ3n) is 2.97. The Morgan fingerprint density at radius 1 is 0.864 bits per heavy atom. The van der Waals surface area contributed by atoms with Gasteiger partial charge >= 0.3 is 5.97 Å². The number of aryl methyl sites for hydroxylation is 1. The van der Waals surface area contributed by atoms with Gasteiger partial charge in [0, 0.05) is 5.56 Å². The van der Waals surface area contributed by atoms with Crippen LogP contribution in [-0.2, 0) is 0 Å². The molecule has 0 spiro atoms. The predicted molar refractivity (Wildman–Crippen MR) is 79.5 cm³/mol. The van der Waals surface area contributed by atoms with Crippen LogP contribution in [0.1, 0.15) is 36.6 Å². The first-order chi connectivity index (χ1) is 10.5. The van der Waals surface area contributed by atoms with Crippen LogP contribution in [0, 0.1) is 6.92 Å². The van der Waals surface area contributed by atoms with E-state index >= 15 is 0 Å². The van der Waals surface area contributed by atoms with E-state index in [1.807, 2.05) is 13.0 Å². The van der Waals surface area contributed by atoms with Gasteiger partial charge in [-0.2, -0.15) is 0 Å². The molecule has 0 aliphatic rings. The SMILES string of the molecule is Cc1cccc(C(=O)NNC(=O)c2ccccc2C(=O)O)c1. The molecule has 2 aromatic carbocycles. The van der Waals surface area contributed by atoms with Crippen molar-refractivity contribution in [2.24, 2.45) is 0 Å². The fraction of sp³-hybridized carbons (Fsp3) is 0.0625. The summed E-state index contributed by atoms with van der Waals surface area (Å²) in [4.78, 5) is 34.9. The molecular formula is C16H14N2O4. The Balaban J connectivity index is 2.07. The minimum Gasteiger partial charge on any atom is -0.478 e. The van der Waals surface area contributed by atoms with Gasteiger partial charge in [-0.05, 0) is 31.2 Å². The largest absolute Gasteiger partial charge is 0.478 e. The Morgan fingerprint density at radius 3 is 2.14 bits per heavy atom. The molecule has 6 heteroatoms. The molecule has 0 heterocycles. The topological polar surface area (TPSA) is 95.5 Å². The molecule has 0 bridgehead atoms. The molecule has 0 fully saturated rings. The van der Waals surface area contributed by atoms with Crippen molar-refractivity contribution in [3.63, 3.8) is 0 Å². The van der Waals surface area contributed by atoms with E-state index in [2.05, 4.69) is 10.9 Å². The van der Waals surface area contributed by atoms with Crippen LogP contribution in [-0.4, -0.2) is 22.9 Å². The van der Waals surface area contributed by atoms with E-state index in [-0.39, 0.29) is 11.1 Å². The van der Waals surface area contributed by atoms with Crippen LogP contribution in [0.4, 0.5) is 0 Å². The highest BCUT2D eigenvalue weighted by atomic mass is 16.4. The number of carboxylic acids is 1. The fourth-order valence-electron chi connectivity index (χ4n) is 1.91. The van der Waals surface area contributed by atoms with Crippen LogP contribution in [0.3, 0.4) is 0 Å². The van der Waals surface area contributed by atoms with Crippen molar-refractivity contribution >= 4 is 17.8 Å². The van der Waals surface area contributed by atoms with Crippen LogP contribution in [0.15, 0.2) is 48.5 Å². The smallest absolute Gasteiger partial charge is 0.336 e. The quantitative estimate of drug-likeness (QED) is 0.752. The van der Waals surface area contributed by atoms with E-state index in [9.17, 15) is 14.4 Å². The Kier molecular flexibility index (Phi) is 4.53. The maximum atomic E-state index is 12.0. The van der Waals surface area contributed by atoms with Crippen LogP contribution in [0.2, 0.25) is 0 Å². The third kappa shape index (κ3) is 3.49. The number of carbonyl (C=O) groups is 3. The first-order valence-corrected chi connectivity index (χ1v) is 6.48. The number of hydrazine groups is 1. The summed E-state index contributed by atoms with van der Waals surface area (Å²) in [7, 11) is 0. The summed E-state index contributed by atoms with van der Waals surface area (Å²) in [6.45, 7) is 1.85. The number of aromatic carboxylic acids is 1. The van der Waals surface area contributed by atoms with Crippen molar-refractivity contribution < 1.29 is 19.5 Å². The summed E-state index contributed by atoms with van der Waals surface area (Å²) < 4.78 is 0. The number of carbonyl (C=O) groups excluding carboxylic acids is 2. The molecule has 0 radical (unpaired) electrons. The van der Waals surface area contributed by atoms with Crippen LogP contribution < -0.4 is 10.9 Å². The number of hydrogen-bond acceptors (Lipinski definition) is 3. The maximum Gasteiger partial charge on any atom is 0.336 e. The third-order valence-corrected chi connectivity index (χ3v) is 2.97. The average molecular weight is 298 g/mol. The lowest BCUT2D eigenvalue weighted by molar-refractivity contribution is 0.0690. The highest BCUT2D eigenvalue weighted by Crippen LogP contribution is 2.08. The molecule has 0 aliphatic heterocycles. The van der Waals surface area contributed by atoms with E-state index in [0.717, 1.165) is 5.56 Å². The summed E-state index contributed by atoms with van der Waals surface area (Å²) in [5.41, 5.74) is 5.61. The van der Waals surface area contributed by atoms with Crippen molar-refractivity contribution in [2.45, 2.75) is 6.92 Å². The van der Waals surface area contributed by atoms with Crippen molar-refractivity contribution in [3.8, 4) is 0 Å². The molecule has 0 aromatic heterocycles. The molecule has 6 nitrogen and oxygen atoms in total. The summed E-state index contributed by atoms with van der Waals surface area (Å²) in [6, 6.07) is 12.6. The van der Waals surface area contributed by atoms with Gasteiger partial charge in [-0.3, -0.25) is 20.4 Å². The maximum absolute atomic E-state index is 12.0. The number of nitrogens with one attached hydrogen (secondary N) is 2. The van der Waals surface area contributed by atoms with Crippen LogP contribution in [0.5, 0.6) is 0 Å². The van der Waals surface area contributed by atoms with Crippen LogP contribution in [0.25, 0.3) is 0 Å². The predicted octanol–water partition coefficient (Wildman–Crippen LogP) is 1.77. The monoisotopic (exact) mass is 298 g/mol. The number of benzene rings is 2. The summed E-state index contributed by atoms with van der Waals surface area (Å²) >= 11 is 0. The molecule has 22 heavy (non-hydrogen) atoms. The molecule has 0 saturated heterocycles. The van der Waals surface area contributed by atoms with Crippen molar-refractivity contribution in [1.82, 2.24) is 10.9 Å². The van der Waals surface area contributed by atoms with Gasteiger partial charge in [0.15, 0.2) is 0 Å². The standard InChI is InChI=1S/C16H14N2O4/c1-10-5-4-6-11(9-10)14(19)17-18-15(20)12-7-2-3-8-13(12)16(21)22/h2-9H,1H3,(H,17,19)(H,18,20)(H,21,22). The lowest BCUT2D eigenvalue weighted by atomic mass is 10.1. The molecule has 0 atom stereocenters. The van der Waals surface area contributed by atoms with E-state index in [1.54, 1.807) is 24.3 Å². The summed E-state index contributed by atoms with van der Waals surface area (Å²) in [6.07, 6.45) is 0. The Hall–Kier alpha value is -3.15. The van der Waals surface area contributed by atoms with Gasteiger partial charge in [0.2, 0.25) is 0 Å². The second-order valence-electron chi connectivity index (χ2n) is 4.63. The zero-order valence-corrected chi connectivity index (χ0v) is 11.8. The van der Waals surface area contributed by atoms with Gasteiger partial charge in [0.1, 0.15) is 0 Å². The molecule has 0 saturated carbocycles. The van der Waals surface area contributed by atoms with Gasteiger partial charge in [-0.25, -0.2) is 4.79 Å². The molecule has 2 aromatic rings. The first kappa shape index (κ1) is 15.2. The lowest BCUT2D eigenvalue weighted by Gasteiger charge is -2.09. The lowest BCUT2D eigenvalue weighted by Crippen LogP contribution is -2.42. The van der Waals surface area contributed by atoms with Crippen molar-refractivity contribution in [3.05, 3.63) is 70.8 Å². The fourth-order valence-corrected chi connectivity index (χ4v) is 1.91. The number of rotatable bonds is 3. The minimum atomic E-state index is -1.21. The van der Waals surface area contributed by atoms with Gasteiger partial charge < -0.3 is 5.11 Å². The van der Waals surface area contributed by atoms with E-state index in [1.165, 1.54) is 18.2 Å². The molecule has 2 amide bonds. The van der Waals surface area contributed by atoms with Gasteiger partial charge in [0.25, 0.3) is 11.8 Å². The molecule has 112 valence electrons. The zero-order chi connectivity index (χ0) is 16.1. The second-order valence-corrected chi connectivity index (χ2v) is 4.63. The molecule has 0 aliphatic carbocycles. The van der Waals surface area contributed by atoms with E-state index < -0.39 is 17.8 Å². The zero-order valence-electron chi connectivity index (χ0n) is 11.8. The highest BCUT2D eigenvalue weighted by Gasteiger charge is 2.16. The molecule has 2 rings (SSSR count). The normalized spacial score (nSPS) is 9.86. The van der Waals surface area contributed by atoms with E-state index in [4.69, 9.17) is 5.11 Å². The number of hydrogen-bond donors (Lipinski definition) is 3. The Bertz CT molecular complexity index is 740. The van der Waals surface area contributed by atoms with Crippen molar-refractivity contribution in [1.29, 1.82) is 0 Å². The molecule has 3 N–H and O–H groups in total. The van der Waals surface area contributed by atoms with Gasteiger partial charge in [0.05, 0.1) is 11.1 Å². The van der Waals surface area contributed by atoms with Gasteiger partial charge in [-0.1, -0.05) is 29.8 Å². The van der Waals surface area contributed by atoms with Crippen LogP contribution >= 0.6 is 0 Å². The Morgan fingerprint density at radius 2 is 1.50 bits per heavy atom. The summed E-state index contributed by atoms with van der Waals surface area (Å²) in [5.74, 6) is -2.39. The average Bonchev–Trinajstić information content (AvgIpc) is 2.52.